The van der Waals surface area contributed by atoms with Crippen molar-refractivity contribution >= 4 is 11.3 Å². The lowest BCUT2D eigenvalue weighted by Gasteiger charge is -2.03. The van der Waals surface area contributed by atoms with Crippen LogP contribution in [-0.4, -0.2) is 6.54 Å². The second kappa shape index (κ2) is 4.92. The molecule has 0 fully saturated rings. The number of nitrogens with one attached hydrogen (secondary N) is 1. The number of thiophene rings is 1. The molecule has 0 spiro atoms. The van der Waals surface area contributed by atoms with Crippen LogP contribution in [0.25, 0.3) is 0 Å². The summed E-state index contributed by atoms with van der Waals surface area (Å²) in [5.41, 5.74) is 10.2. The Hall–Kier alpha value is -0.840. The molecule has 1 aromatic rings. The minimum atomic E-state index is 0.518. The molecule has 66 valence electrons. The molecule has 3 nitrogen and oxygen atoms in total. The van der Waals surface area contributed by atoms with Crippen LogP contribution < -0.4 is 17.0 Å². The van der Waals surface area contributed by atoms with E-state index in [1.165, 1.54) is 5.56 Å². The Morgan fingerprint density at radius 3 is 3.00 bits per heavy atom. The number of hydrogen-bond acceptors (Lipinski definition) is 4. The highest BCUT2D eigenvalue weighted by Crippen LogP contribution is 2.09. The molecule has 0 bridgehead atoms. The highest BCUT2D eigenvalue weighted by molar-refractivity contribution is 7.07. The van der Waals surface area contributed by atoms with Gasteiger partial charge in [0.05, 0.1) is 0 Å². The van der Waals surface area contributed by atoms with Crippen molar-refractivity contribution in [2.24, 2.45) is 11.6 Å². The third-order valence-corrected chi connectivity index (χ3v) is 2.26. The Balaban J connectivity index is 2.54. The third-order valence-electron chi connectivity index (χ3n) is 1.52. The van der Waals surface area contributed by atoms with Gasteiger partial charge in [-0.2, -0.15) is 11.3 Å². The average molecular weight is 183 g/mol. The van der Waals surface area contributed by atoms with Crippen molar-refractivity contribution in [1.29, 1.82) is 0 Å². The van der Waals surface area contributed by atoms with Gasteiger partial charge in [-0.1, -0.05) is 6.08 Å². The van der Waals surface area contributed by atoms with Gasteiger partial charge >= 0.3 is 0 Å². The summed E-state index contributed by atoms with van der Waals surface area (Å²) in [7, 11) is 0. The van der Waals surface area contributed by atoms with Crippen molar-refractivity contribution in [2.75, 3.05) is 6.54 Å². The van der Waals surface area contributed by atoms with Crippen molar-refractivity contribution in [3.05, 3.63) is 34.2 Å². The van der Waals surface area contributed by atoms with Gasteiger partial charge in [-0.3, -0.25) is 5.84 Å². The molecule has 0 aliphatic heterocycles. The summed E-state index contributed by atoms with van der Waals surface area (Å²) in [5, 5.41) is 4.15. The molecule has 1 aromatic heterocycles. The minimum Gasteiger partial charge on any atom is -0.328 e. The number of rotatable bonds is 4. The summed E-state index contributed by atoms with van der Waals surface area (Å²) in [6.45, 7) is 0.518. The van der Waals surface area contributed by atoms with E-state index >= 15 is 0 Å². The molecule has 1 heterocycles. The van der Waals surface area contributed by atoms with E-state index in [4.69, 9.17) is 11.6 Å². The normalized spacial score (nSPS) is 11.7. The van der Waals surface area contributed by atoms with Crippen LogP contribution in [-0.2, 0) is 6.42 Å². The molecule has 0 aliphatic carbocycles. The maximum Gasteiger partial charge on any atom is 0.0276 e. The molecule has 1 rings (SSSR count). The smallest absolute Gasteiger partial charge is 0.0276 e. The minimum absolute atomic E-state index is 0.518. The van der Waals surface area contributed by atoms with Gasteiger partial charge in [-0.15, -0.1) is 0 Å². The van der Waals surface area contributed by atoms with Gasteiger partial charge in [-0.05, 0) is 22.4 Å². The van der Waals surface area contributed by atoms with Crippen LogP contribution >= 0.6 is 11.3 Å². The number of allylic oxidation sites excluding steroid dienone is 1. The molecule has 0 aromatic carbocycles. The van der Waals surface area contributed by atoms with E-state index < -0.39 is 0 Å². The van der Waals surface area contributed by atoms with Gasteiger partial charge in [0.15, 0.2) is 0 Å². The van der Waals surface area contributed by atoms with E-state index in [1.807, 2.05) is 11.5 Å². The predicted molar refractivity (Wildman–Crippen MR) is 52.5 cm³/mol. The van der Waals surface area contributed by atoms with Gasteiger partial charge < -0.3 is 11.2 Å². The highest BCUT2D eigenvalue weighted by atomic mass is 32.1. The van der Waals surface area contributed by atoms with Crippen LogP contribution in [0.1, 0.15) is 5.56 Å². The standard InChI is InChI=1S/C8H13N3S/c9-3-1-8(11-10)5-7-2-4-12-6-7/h1-2,4,6,11H,3,5,9-10H2/b8-1-. The molecule has 5 N–H and O–H groups in total. The molecule has 12 heavy (non-hydrogen) atoms. The number of hydrogen-bond donors (Lipinski definition) is 3. The lowest BCUT2D eigenvalue weighted by atomic mass is 10.2. The molecular formula is C8H13N3S. The first-order valence-electron chi connectivity index (χ1n) is 3.73. The van der Waals surface area contributed by atoms with E-state index in [0.29, 0.717) is 6.54 Å². The Morgan fingerprint density at radius 1 is 1.67 bits per heavy atom. The zero-order chi connectivity index (χ0) is 8.81. The van der Waals surface area contributed by atoms with Gasteiger partial charge in [0.1, 0.15) is 0 Å². The zero-order valence-electron chi connectivity index (χ0n) is 6.79. The molecule has 0 atom stereocenters. The molecule has 0 radical (unpaired) electrons. The first kappa shape index (κ1) is 9.25. The molecule has 0 saturated carbocycles. The average Bonchev–Trinajstić information content (AvgIpc) is 2.56. The van der Waals surface area contributed by atoms with Crippen LogP contribution in [0.3, 0.4) is 0 Å². The van der Waals surface area contributed by atoms with E-state index in [9.17, 15) is 0 Å². The summed E-state index contributed by atoms with van der Waals surface area (Å²) < 4.78 is 0. The maximum absolute atomic E-state index is 5.36. The highest BCUT2D eigenvalue weighted by Gasteiger charge is 1.96. The predicted octanol–water partition coefficient (Wildman–Crippen LogP) is 0.597. The lowest BCUT2D eigenvalue weighted by Crippen LogP contribution is -2.23. The fourth-order valence-corrected chi connectivity index (χ4v) is 1.61. The zero-order valence-corrected chi connectivity index (χ0v) is 7.60. The van der Waals surface area contributed by atoms with Gasteiger partial charge in [0.25, 0.3) is 0 Å². The Morgan fingerprint density at radius 2 is 2.50 bits per heavy atom. The fraction of sp³-hybridized carbons (Fsp3) is 0.250. The fourth-order valence-electron chi connectivity index (χ4n) is 0.938. The first-order valence-corrected chi connectivity index (χ1v) is 4.68. The largest absolute Gasteiger partial charge is 0.328 e. The SMILES string of the molecule is NC/C=C(/Cc1ccsc1)NN. The Kier molecular flexibility index (Phi) is 3.79. The van der Waals surface area contributed by atoms with E-state index in [1.54, 1.807) is 11.3 Å². The Labute approximate surface area is 76.0 Å². The number of nitrogens with two attached hydrogens (primary N) is 2. The monoisotopic (exact) mass is 183 g/mol. The molecule has 0 aliphatic rings. The molecular weight excluding hydrogens is 170 g/mol. The summed E-state index contributed by atoms with van der Waals surface area (Å²) >= 11 is 1.68. The molecule has 0 amide bonds. The van der Waals surface area contributed by atoms with Crippen LogP contribution in [0.2, 0.25) is 0 Å². The summed E-state index contributed by atoms with van der Waals surface area (Å²) in [5.74, 6) is 5.30. The lowest BCUT2D eigenvalue weighted by molar-refractivity contribution is 0.834. The summed E-state index contributed by atoms with van der Waals surface area (Å²) in [4.78, 5) is 0. The van der Waals surface area contributed by atoms with Crippen LogP contribution in [0, 0.1) is 0 Å². The second-order valence-corrected chi connectivity index (χ2v) is 3.20. The van der Waals surface area contributed by atoms with Crippen LogP contribution in [0.15, 0.2) is 28.6 Å². The van der Waals surface area contributed by atoms with Crippen LogP contribution in [0.5, 0.6) is 0 Å². The molecule has 0 saturated heterocycles. The topological polar surface area (TPSA) is 64.1 Å². The van der Waals surface area contributed by atoms with Crippen molar-refractivity contribution < 1.29 is 0 Å². The molecule has 0 unspecified atom stereocenters. The van der Waals surface area contributed by atoms with E-state index in [0.717, 1.165) is 12.1 Å². The molecule has 4 heteroatoms. The van der Waals surface area contributed by atoms with Crippen molar-refractivity contribution in [2.45, 2.75) is 6.42 Å². The van der Waals surface area contributed by atoms with Crippen molar-refractivity contribution in [1.82, 2.24) is 5.43 Å². The number of hydrazine groups is 1. The van der Waals surface area contributed by atoms with Gasteiger partial charge in [0, 0.05) is 18.7 Å². The van der Waals surface area contributed by atoms with Crippen molar-refractivity contribution in [3.63, 3.8) is 0 Å². The quantitative estimate of drug-likeness (QED) is 0.473. The summed E-state index contributed by atoms with van der Waals surface area (Å²) in [6.07, 6.45) is 2.72. The van der Waals surface area contributed by atoms with Crippen LogP contribution in [0.4, 0.5) is 0 Å². The van der Waals surface area contributed by atoms with E-state index in [-0.39, 0.29) is 0 Å². The Bertz CT molecular complexity index is 241. The second-order valence-electron chi connectivity index (χ2n) is 2.42. The van der Waals surface area contributed by atoms with Gasteiger partial charge in [-0.25, -0.2) is 0 Å². The van der Waals surface area contributed by atoms with E-state index in [2.05, 4.69) is 16.9 Å². The third kappa shape index (κ3) is 2.65. The van der Waals surface area contributed by atoms with Crippen molar-refractivity contribution in [3.8, 4) is 0 Å². The first-order chi connectivity index (χ1) is 5.86. The van der Waals surface area contributed by atoms with Gasteiger partial charge in [0.2, 0.25) is 0 Å². The maximum atomic E-state index is 5.36. The summed E-state index contributed by atoms with van der Waals surface area (Å²) in [6, 6.07) is 2.08.